The Balaban J connectivity index is 2.08. The van der Waals surface area contributed by atoms with E-state index in [0.29, 0.717) is 16.5 Å². The number of hydrogen-bond acceptors (Lipinski definition) is 5. The molecule has 1 heterocycles. The van der Waals surface area contributed by atoms with Crippen LogP contribution < -0.4 is 0 Å². The van der Waals surface area contributed by atoms with Crippen LogP contribution in [0.1, 0.15) is 6.92 Å². The number of nitrogens with zero attached hydrogens (tertiary/aromatic N) is 3. The van der Waals surface area contributed by atoms with E-state index in [9.17, 15) is 4.79 Å². The van der Waals surface area contributed by atoms with Gasteiger partial charge in [-0.25, -0.2) is 4.98 Å². The Bertz CT molecular complexity index is 841. The van der Waals surface area contributed by atoms with Crippen LogP contribution in [0.15, 0.2) is 65.8 Å². The minimum atomic E-state index is -0.906. The summed E-state index contributed by atoms with van der Waals surface area (Å²) in [5.41, 5.74) is 3.20. The smallest absolute Gasteiger partial charge is 0.316 e. The first-order valence-corrected chi connectivity index (χ1v) is 8.28. The number of carbonyl (C=O) groups is 1. The molecule has 5 nitrogen and oxygen atoms in total. The van der Waals surface area contributed by atoms with Gasteiger partial charge in [-0.1, -0.05) is 72.4 Å². The molecule has 0 aliphatic carbocycles. The van der Waals surface area contributed by atoms with Crippen molar-refractivity contribution in [3.05, 3.63) is 60.7 Å². The first kappa shape index (κ1) is 16.1. The molecule has 6 heteroatoms. The first-order chi connectivity index (χ1) is 11.6. The van der Waals surface area contributed by atoms with Crippen molar-refractivity contribution in [1.82, 2.24) is 15.2 Å². The fourth-order valence-corrected chi connectivity index (χ4v) is 2.81. The average molecular weight is 337 g/mol. The van der Waals surface area contributed by atoms with Gasteiger partial charge in [0.05, 0.1) is 0 Å². The Hall–Kier alpha value is -2.73. The molecule has 0 unspecified atom stereocenters. The maximum absolute atomic E-state index is 11.1. The van der Waals surface area contributed by atoms with E-state index in [0.717, 1.165) is 22.9 Å². The van der Waals surface area contributed by atoms with Gasteiger partial charge >= 0.3 is 5.97 Å². The second-order valence-corrected chi connectivity index (χ2v) is 6.43. The fraction of sp³-hybridized carbons (Fsp3) is 0.111. The number of benzene rings is 2. The van der Waals surface area contributed by atoms with Crippen molar-refractivity contribution in [2.45, 2.75) is 17.3 Å². The third-order valence-electron chi connectivity index (χ3n) is 3.39. The molecule has 0 amide bonds. The van der Waals surface area contributed by atoms with Crippen molar-refractivity contribution >= 4 is 17.7 Å². The number of carboxylic acids is 1. The van der Waals surface area contributed by atoms with Crippen LogP contribution in [0.5, 0.6) is 0 Å². The molecule has 0 fully saturated rings. The van der Waals surface area contributed by atoms with E-state index in [1.807, 2.05) is 60.7 Å². The maximum atomic E-state index is 11.1. The second kappa shape index (κ2) is 7.23. The predicted molar refractivity (Wildman–Crippen MR) is 93.7 cm³/mol. The Kier molecular flexibility index (Phi) is 4.86. The van der Waals surface area contributed by atoms with E-state index in [-0.39, 0.29) is 0 Å². The van der Waals surface area contributed by atoms with Crippen LogP contribution in [0.25, 0.3) is 22.5 Å². The summed E-state index contributed by atoms with van der Waals surface area (Å²) in [6.45, 7) is 1.60. The van der Waals surface area contributed by atoms with Crippen molar-refractivity contribution in [2.24, 2.45) is 0 Å². The summed E-state index contributed by atoms with van der Waals surface area (Å²) in [4.78, 5) is 15.6. The zero-order chi connectivity index (χ0) is 16.9. The fourth-order valence-electron chi connectivity index (χ4n) is 2.16. The zero-order valence-electron chi connectivity index (χ0n) is 13.0. The van der Waals surface area contributed by atoms with Gasteiger partial charge in [-0.2, -0.15) is 0 Å². The summed E-state index contributed by atoms with van der Waals surface area (Å²) < 4.78 is 0. The number of hydrogen-bond donors (Lipinski definition) is 1. The lowest BCUT2D eigenvalue weighted by Crippen LogP contribution is -2.12. The minimum absolute atomic E-state index is 0.350. The number of aliphatic carboxylic acids is 1. The SMILES string of the molecule is C[C@H](Sc1nnc(-c2ccccc2)c(-c2ccccc2)n1)C(=O)O. The summed E-state index contributed by atoms with van der Waals surface area (Å²) in [6, 6.07) is 19.4. The number of rotatable bonds is 5. The van der Waals surface area contributed by atoms with Crippen LogP contribution in [-0.2, 0) is 4.79 Å². The molecule has 24 heavy (non-hydrogen) atoms. The number of carboxylic acid groups (broad SMARTS) is 1. The summed E-state index contributed by atoms with van der Waals surface area (Å²) in [5.74, 6) is -0.906. The summed E-state index contributed by atoms with van der Waals surface area (Å²) >= 11 is 1.08. The van der Waals surface area contributed by atoms with Crippen LogP contribution in [0, 0.1) is 0 Å². The topological polar surface area (TPSA) is 76.0 Å². The Morgan fingerprint density at radius 1 is 0.917 bits per heavy atom. The molecule has 1 atom stereocenters. The van der Waals surface area contributed by atoms with Crippen molar-refractivity contribution in [3.63, 3.8) is 0 Å². The van der Waals surface area contributed by atoms with Crippen molar-refractivity contribution < 1.29 is 9.90 Å². The van der Waals surface area contributed by atoms with Crippen LogP contribution in [0.4, 0.5) is 0 Å². The van der Waals surface area contributed by atoms with E-state index in [4.69, 9.17) is 5.11 Å². The molecular weight excluding hydrogens is 322 g/mol. The van der Waals surface area contributed by atoms with Gasteiger partial charge in [-0.05, 0) is 6.92 Å². The number of aromatic nitrogens is 3. The average Bonchev–Trinajstić information content (AvgIpc) is 2.63. The largest absolute Gasteiger partial charge is 0.480 e. The number of thioether (sulfide) groups is 1. The Morgan fingerprint density at radius 2 is 1.46 bits per heavy atom. The predicted octanol–water partition coefficient (Wildman–Crippen LogP) is 3.77. The van der Waals surface area contributed by atoms with Gasteiger partial charge in [0.25, 0.3) is 0 Å². The lowest BCUT2D eigenvalue weighted by atomic mass is 10.0. The zero-order valence-corrected chi connectivity index (χ0v) is 13.8. The quantitative estimate of drug-likeness (QED) is 0.714. The van der Waals surface area contributed by atoms with Gasteiger partial charge in [-0.3, -0.25) is 4.79 Å². The summed E-state index contributed by atoms with van der Waals surface area (Å²) in [6.07, 6.45) is 0. The molecule has 1 aromatic heterocycles. The lowest BCUT2D eigenvalue weighted by Gasteiger charge is -2.10. The van der Waals surface area contributed by atoms with Crippen molar-refractivity contribution in [3.8, 4) is 22.5 Å². The molecule has 3 aromatic rings. The van der Waals surface area contributed by atoms with E-state index in [1.54, 1.807) is 6.92 Å². The highest BCUT2D eigenvalue weighted by atomic mass is 32.2. The highest BCUT2D eigenvalue weighted by molar-refractivity contribution is 8.00. The van der Waals surface area contributed by atoms with Crippen LogP contribution in [-0.4, -0.2) is 31.5 Å². The molecule has 0 saturated carbocycles. The molecule has 1 N–H and O–H groups in total. The maximum Gasteiger partial charge on any atom is 0.316 e. The molecule has 0 saturated heterocycles. The van der Waals surface area contributed by atoms with E-state index in [1.165, 1.54) is 0 Å². The third kappa shape index (κ3) is 3.60. The van der Waals surface area contributed by atoms with Crippen LogP contribution in [0.3, 0.4) is 0 Å². The standard InChI is InChI=1S/C18H15N3O2S/c1-12(17(22)23)24-18-19-15(13-8-4-2-5-9-13)16(20-21-18)14-10-6-3-7-11-14/h2-12H,1H3,(H,22,23)/t12-/m0/s1. The Labute approximate surface area is 143 Å². The van der Waals surface area contributed by atoms with Crippen LogP contribution in [0.2, 0.25) is 0 Å². The molecule has 3 rings (SSSR count). The molecule has 120 valence electrons. The molecule has 0 bridgehead atoms. The Morgan fingerprint density at radius 3 is 2.00 bits per heavy atom. The molecule has 0 spiro atoms. The van der Waals surface area contributed by atoms with Gasteiger partial charge in [0.15, 0.2) is 0 Å². The molecule has 0 aliphatic heterocycles. The molecule has 0 radical (unpaired) electrons. The molecular formula is C18H15N3O2S. The van der Waals surface area contributed by atoms with E-state index < -0.39 is 11.2 Å². The highest BCUT2D eigenvalue weighted by Gasteiger charge is 2.18. The van der Waals surface area contributed by atoms with Crippen molar-refractivity contribution in [1.29, 1.82) is 0 Å². The highest BCUT2D eigenvalue weighted by Crippen LogP contribution is 2.30. The molecule has 2 aromatic carbocycles. The van der Waals surface area contributed by atoms with E-state index in [2.05, 4.69) is 15.2 Å². The lowest BCUT2D eigenvalue weighted by molar-refractivity contribution is -0.136. The second-order valence-electron chi connectivity index (χ2n) is 5.12. The third-order valence-corrected chi connectivity index (χ3v) is 4.33. The van der Waals surface area contributed by atoms with Crippen LogP contribution >= 0.6 is 11.8 Å². The monoisotopic (exact) mass is 337 g/mol. The van der Waals surface area contributed by atoms with Gasteiger partial charge in [0.2, 0.25) is 5.16 Å². The van der Waals surface area contributed by atoms with Gasteiger partial charge < -0.3 is 5.11 Å². The summed E-state index contributed by atoms with van der Waals surface area (Å²) in [7, 11) is 0. The van der Waals surface area contributed by atoms with Gasteiger partial charge in [-0.15, -0.1) is 10.2 Å². The first-order valence-electron chi connectivity index (χ1n) is 7.40. The summed E-state index contributed by atoms with van der Waals surface area (Å²) in [5, 5.41) is 17.2. The van der Waals surface area contributed by atoms with E-state index >= 15 is 0 Å². The van der Waals surface area contributed by atoms with Gasteiger partial charge in [0, 0.05) is 11.1 Å². The minimum Gasteiger partial charge on any atom is -0.480 e. The van der Waals surface area contributed by atoms with Gasteiger partial charge in [0.1, 0.15) is 16.6 Å². The van der Waals surface area contributed by atoms with Crippen molar-refractivity contribution in [2.75, 3.05) is 0 Å². The molecule has 0 aliphatic rings. The normalized spacial score (nSPS) is 11.9.